The Morgan fingerprint density at radius 1 is 1.27 bits per heavy atom. The second-order valence-corrected chi connectivity index (χ2v) is 7.49. The van der Waals surface area contributed by atoms with Crippen molar-refractivity contribution in [2.45, 2.75) is 39.7 Å². The van der Waals surface area contributed by atoms with Gasteiger partial charge in [0.05, 0.1) is 22.9 Å². The van der Waals surface area contributed by atoms with Crippen LogP contribution in [0.25, 0.3) is 10.9 Å². The van der Waals surface area contributed by atoms with Crippen LogP contribution in [-0.2, 0) is 23.8 Å². The highest BCUT2D eigenvalue weighted by Crippen LogP contribution is 2.23. The molecule has 7 nitrogen and oxygen atoms in total. The number of fused-ring (bicyclic) bond motifs is 1. The number of aryl methyl sites for hydroxylation is 2. The monoisotopic (exact) mass is 353 g/mol. The van der Waals surface area contributed by atoms with Crippen LogP contribution in [0.3, 0.4) is 0 Å². The fourth-order valence-corrected chi connectivity index (χ4v) is 2.74. The first-order valence-corrected chi connectivity index (χ1v) is 8.46. The Balaban J connectivity index is 1.83. The molecule has 3 rings (SSSR count). The fraction of sp³-hybridized carbons (Fsp3) is 0.368. The molecular weight excluding hydrogens is 330 g/mol. The molecule has 1 N–H and O–H groups in total. The molecule has 0 aliphatic carbocycles. The van der Waals surface area contributed by atoms with Gasteiger partial charge < -0.3 is 5.32 Å². The predicted octanol–water partition coefficient (Wildman–Crippen LogP) is 2.37. The Morgan fingerprint density at radius 3 is 2.65 bits per heavy atom. The van der Waals surface area contributed by atoms with Crippen molar-refractivity contribution in [1.82, 2.24) is 19.3 Å². The number of nitrogens with one attached hydrogen (secondary N) is 1. The molecule has 0 radical (unpaired) electrons. The number of aromatic nitrogens is 4. The van der Waals surface area contributed by atoms with Gasteiger partial charge in [-0.05, 0) is 18.6 Å². The quantitative estimate of drug-likeness (QED) is 0.784. The summed E-state index contributed by atoms with van der Waals surface area (Å²) in [6.07, 6.45) is 1.42. The minimum atomic E-state index is -0.302. The van der Waals surface area contributed by atoms with Crippen molar-refractivity contribution in [1.29, 1.82) is 0 Å². The highest BCUT2D eigenvalue weighted by molar-refractivity contribution is 5.90. The summed E-state index contributed by atoms with van der Waals surface area (Å²) >= 11 is 0. The van der Waals surface area contributed by atoms with Crippen LogP contribution in [0.15, 0.2) is 35.4 Å². The van der Waals surface area contributed by atoms with Gasteiger partial charge in [0.25, 0.3) is 5.56 Å². The van der Waals surface area contributed by atoms with Crippen molar-refractivity contribution in [3.05, 3.63) is 52.2 Å². The molecule has 26 heavy (non-hydrogen) atoms. The average molecular weight is 353 g/mol. The van der Waals surface area contributed by atoms with Crippen LogP contribution in [0.1, 0.15) is 32.0 Å². The summed E-state index contributed by atoms with van der Waals surface area (Å²) in [6, 6.07) is 7.29. The standard InChI is InChI=1S/C19H23N5O2/c1-12-7-6-8-13-17(12)20-11-24(18(13)26)10-16(25)21-15-9-14(19(2,3)4)22-23(15)5/h6-9,11H,10H2,1-5H3,(H,21,25). The maximum Gasteiger partial charge on any atom is 0.261 e. The molecular formula is C19H23N5O2. The van der Waals surface area contributed by atoms with Gasteiger partial charge in [-0.1, -0.05) is 32.9 Å². The van der Waals surface area contributed by atoms with Crippen molar-refractivity contribution in [2.75, 3.05) is 5.32 Å². The smallest absolute Gasteiger partial charge is 0.261 e. The van der Waals surface area contributed by atoms with Gasteiger partial charge in [-0.15, -0.1) is 0 Å². The van der Waals surface area contributed by atoms with E-state index in [4.69, 9.17) is 0 Å². The maximum atomic E-state index is 12.6. The number of anilines is 1. The molecule has 0 atom stereocenters. The molecule has 1 amide bonds. The molecule has 0 unspecified atom stereocenters. The van der Waals surface area contributed by atoms with Crippen LogP contribution in [0.5, 0.6) is 0 Å². The lowest BCUT2D eigenvalue weighted by Gasteiger charge is -2.13. The molecule has 0 saturated carbocycles. The van der Waals surface area contributed by atoms with E-state index in [2.05, 4.69) is 36.2 Å². The van der Waals surface area contributed by atoms with E-state index in [1.54, 1.807) is 17.8 Å². The zero-order valence-corrected chi connectivity index (χ0v) is 15.7. The molecule has 1 aromatic carbocycles. The summed E-state index contributed by atoms with van der Waals surface area (Å²) in [6.45, 7) is 7.97. The number of benzene rings is 1. The molecule has 0 saturated heterocycles. The van der Waals surface area contributed by atoms with E-state index in [1.165, 1.54) is 10.9 Å². The summed E-state index contributed by atoms with van der Waals surface area (Å²) in [5.74, 6) is 0.293. The van der Waals surface area contributed by atoms with Crippen LogP contribution in [0, 0.1) is 6.92 Å². The lowest BCUT2D eigenvalue weighted by molar-refractivity contribution is -0.116. The first-order chi connectivity index (χ1) is 12.2. The minimum absolute atomic E-state index is 0.105. The second kappa shape index (κ2) is 6.40. The topological polar surface area (TPSA) is 81.8 Å². The number of amides is 1. The van der Waals surface area contributed by atoms with E-state index < -0.39 is 0 Å². The van der Waals surface area contributed by atoms with Gasteiger partial charge in [0, 0.05) is 18.5 Å². The third kappa shape index (κ3) is 3.37. The first-order valence-electron chi connectivity index (χ1n) is 8.46. The maximum absolute atomic E-state index is 12.6. The van der Waals surface area contributed by atoms with Crippen LogP contribution in [0.4, 0.5) is 5.82 Å². The number of para-hydroxylation sites is 1. The number of rotatable bonds is 3. The Labute approximate surface area is 151 Å². The van der Waals surface area contributed by atoms with E-state index in [0.29, 0.717) is 16.7 Å². The van der Waals surface area contributed by atoms with E-state index in [0.717, 1.165) is 11.3 Å². The molecule has 136 valence electrons. The lowest BCUT2D eigenvalue weighted by Crippen LogP contribution is -2.28. The molecule has 2 heterocycles. The van der Waals surface area contributed by atoms with E-state index in [9.17, 15) is 9.59 Å². The number of hydrogen-bond donors (Lipinski definition) is 1. The fourth-order valence-electron chi connectivity index (χ4n) is 2.74. The van der Waals surface area contributed by atoms with Gasteiger partial charge in [0.1, 0.15) is 12.4 Å². The Morgan fingerprint density at radius 2 is 2.00 bits per heavy atom. The molecule has 0 spiro atoms. The highest BCUT2D eigenvalue weighted by Gasteiger charge is 2.20. The van der Waals surface area contributed by atoms with Gasteiger partial charge >= 0.3 is 0 Å². The van der Waals surface area contributed by atoms with E-state index in [-0.39, 0.29) is 23.4 Å². The summed E-state index contributed by atoms with van der Waals surface area (Å²) in [7, 11) is 1.78. The largest absolute Gasteiger partial charge is 0.309 e. The number of nitrogens with zero attached hydrogens (tertiary/aromatic N) is 4. The van der Waals surface area contributed by atoms with Crippen molar-refractivity contribution < 1.29 is 4.79 Å². The van der Waals surface area contributed by atoms with Crippen LogP contribution >= 0.6 is 0 Å². The van der Waals surface area contributed by atoms with Crippen molar-refractivity contribution in [2.24, 2.45) is 7.05 Å². The molecule has 2 aromatic heterocycles. The number of hydrogen-bond acceptors (Lipinski definition) is 4. The van der Waals surface area contributed by atoms with Crippen LogP contribution in [-0.4, -0.2) is 25.2 Å². The third-order valence-electron chi connectivity index (χ3n) is 4.28. The molecule has 7 heteroatoms. The Hall–Kier alpha value is -2.96. The Kier molecular flexibility index (Phi) is 4.39. The van der Waals surface area contributed by atoms with E-state index in [1.807, 2.05) is 25.1 Å². The predicted molar refractivity (Wildman–Crippen MR) is 101 cm³/mol. The summed E-state index contributed by atoms with van der Waals surface area (Å²) in [5.41, 5.74) is 2.14. The van der Waals surface area contributed by atoms with Crippen molar-refractivity contribution >= 4 is 22.6 Å². The third-order valence-corrected chi connectivity index (χ3v) is 4.28. The normalized spacial score (nSPS) is 11.7. The zero-order chi connectivity index (χ0) is 19.1. The second-order valence-electron chi connectivity index (χ2n) is 7.49. The molecule has 3 aromatic rings. The van der Waals surface area contributed by atoms with Gasteiger partial charge in [0.15, 0.2) is 0 Å². The lowest BCUT2D eigenvalue weighted by atomic mass is 9.92. The molecule has 0 bridgehead atoms. The van der Waals surface area contributed by atoms with Crippen LogP contribution < -0.4 is 10.9 Å². The highest BCUT2D eigenvalue weighted by atomic mass is 16.2. The Bertz CT molecular complexity index is 1040. The van der Waals surface area contributed by atoms with Gasteiger partial charge in [-0.3, -0.25) is 18.8 Å². The van der Waals surface area contributed by atoms with Gasteiger partial charge in [0.2, 0.25) is 5.91 Å². The van der Waals surface area contributed by atoms with E-state index >= 15 is 0 Å². The number of carbonyl (C=O) groups excluding carboxylic acids is 1. The first kappa shape index (κ1) is 17.8. The van der Waals surface area contributed by atoms with Crippen LogP contribution in [0.2, 0.25) is 0 Å². The summed E-state index contributed by atoms with van der Waals surface area (Å²) in [4.78, 5) is 29.3. The van der Waals surface area contributed by atoms with Crippen molar-refractivity contribution in [3.63, 3.8) is 0 Å². The van der Waals surface area contributed by atoms with Gasteiger partial charge in [-0.25, -0.2) is 4.98 Å². The van der Waals surface area contributed by atoms with Crippen molar-refractivity contribution in [3.8, 4) is 0 Å². The van der Waals surface area contributed by atoms with Gasteiger partial charge in [-0.2, -0.15) is 5.10 Å². The average Bonchev–Trinajstić information content (AvgIpc) is 2.92. The molecule has 0 fully saturated rings. The SMILES string of the molecule is Cc1cccc2c(=O)n(CC(=O)Nc3cc(C(C)(C)C)nn3C)cnc12. The minimum Gasteiger partial charge on any atom is -0.309 e. The molecule has 0 aliphatic rings. The number of carbonyl (C=O) groups is 1. The zero-order valence-electron chi connectivity index (χ0n) is 15.7. The molecule has 0 aliphatic heterocycles. The summed E-state index contributed by atoms with van der Waals surface area (Å²) < 4.78 is 2.95. The summed E-state index contributed by atoms with van der Waals surface area (Å²) in [5, 5.41) is 7.75.